The van der Waals surface area contributed by atoms with Crippen LogP contribution in [0.4, 0.5) is 23.0 Å². The van der Waals surface area contributed by atoms with E-state index in [1.807, 2.05) is 118 Å². The van der Waals surface area contributed by atoms with Crippen LogP contribution in [0.1, 0.15) is 93.1 Å². The highest BCUT2D eigenvalue weighted by Gasteiger charge is 2.42. The summed E-state index contributed by atoms with van der Waals surface area (Å²) < 4.78 is 19.0. The van der Waals surface area contributed by atoms with Gasteiger partial charge in [0.05, 0.1) is 43.0 Å². The SMILES string of the molecule is CCOc1cccc(C2=CC(Oc3cccc(OC)c3-c3cc(C(=O)Nc4ccc(N5CCCCCC5)nc4)ccc3C)(C(=O)Nc3ccc(N4CCCCCC4)nc3)CC=C2C)c1. The zero-order valence-electron chi connectivity index (χ0n) is 37.6. The third kappa shape index (κ3) is 10.1. The van der Waals surface area contributed by atoms with Gasteiger partial charge in [0, 0.05) is 38.2 Å². The second kappa shape index (κ2) is 20.3. The van der Waals surface area contributed by atoms with Gasteiger partial charge >= 0.3 is 0 Å². The number of hydrogen-bond donors (Lipinski definition) is 2. The van der Waals surface area contributed by atoms with E-state index in [1.54, 1.807) is 19.5 Å². The number of carbonyl (C=O) groups is 2. The average molecular weight is 861 g/mol. The summed E-state index contributed by atoms with van der Waals surface area (Å²) >= 11 is 0. The molecule has 1 aliphatic carbocycles. The topological polar surface area (TPSA) is 118 Å². The lowest BCUT2D eigenvalue weighted by Crippen LogP contribution is -2.47. The van der Waals surface area contributed by atoms with Gasteiger partial charge in [-0.2, -0.15) is 0 Å². The fourth-order valence-corrected chi connectivity index (χ4v) is 8.92. The van der Waals surface area contributed by atoms with Crippen molar-refractivity contribution in [3.05, 3.63) is 132 Å². The number of hydrogen-bond acceptors (Lipinski definition) is 9. The molecule has 0 saturated carbocycles. The van der Waals surface area contributed by atoms with Crippen molar-refractivity contribution in [2.75, 3.05) is 60.3 Å². The lowest BCUT2D eigenvalue weighted by Gasteiger charge is -2.34. The first-order chi connectivity index (χ1) is 31.2. The zero-order chi connectivity index (χ0) is 44.5. The molecule has 332 valence electrons. The molecular formula is C53H60N6O5. The molecule has 2 N–H and O–H groups in total. The average Bonchev–Trinajstić information content (AvgIpc) is 3.77. The molecule has 5 aromatic rings. The molecule has 1 unspecified atom stereocenters. The summed E-state index contributed by atoms with van der Waals surface area (Å²) in [7, 11) is 1.61. The van der Waals surface area contributed by atoms with Crippen LogP contribution in [0.3, 0.4) is 0 Å². The first-order valence-corrected chi connectivity index (χ1v) is 22.9. The smallest absolute Gasteiger partial charge is 0.273 e. The molecule has 3 aromatic carbocycles. The number of ether oxygens (including phenoxy) is 3. The van der Waals surface area contributed by atoms with Crippen LogP contribution in [0.5, 0.6) is 17.2 Å². The van der Waals surface area contributed by atoms with Crippen LogP contribution in [0.25, 0.3) is 16.7 Å². The first-order valence-electron chi connectivity index (χ1n) is 22.9. The Bertz CT molecular complexity index is 2480. The second-order valence-corrected chi connectivity index (χ2v) is 17.0. The number of allylic oxidation sites excluding steroid dienone is 2. The number of aryl methyl sites for hydroxylation is 1. The summed E-state index contributed by atoms with van der Waals surface area (Å²) in [6.07, 6.45) is 17.2. The fraction of sp³-hybridized carbons (Fsp3) is 0.358. The minimum atomic E-state index is -1.52. The van der Waals surface area contributed by atoms with Crippen molar-refractivity contribution in [3.63, 3.8) is 0 Å². The van der Waals surface area contributed by atoms with E-state index in [0.717, 1.165) is 97.1 Å². The molecule has 8 rings (SSSR count). The Labute approximate surface area is 377 Å². The molecule has 2 saturated heterocycles. The minimum absolute atomic E-state index is 0.251. The molecule has 2 aromatic heterocycles. The van der Waals surface area contributed by atoms with Gasteiger partial charge in [0.15, 0.2) is 0 Å². The number of anilines is 4. The van der Waals surface area contributed by atoms with Crippen LogP contribution in [0.15, 0.2) is 115 Å². The van der Waals surface area contributed by atoms with Crippen molar-refractivity contribution in [1.82, 2.24) is 9.97 Å². The molecule has 11 heteroatoms. The van der Waals surface area contributed by atoms with Gasteiger partial charge in [-0.25, -0.2) is 9.97 Å². The largest absolute Gasteiger partial charge is 0.496 e. The van der Waals surface area contributed by atoms with Gasteiger partial charge < -0.3 is 34.6 Å². The molecule has 2 fully saturated rings. The van der Waals surface area contributed by atoms with Crippen molar-refractivity contribution in [3.8, 4) is 28.4 Å². The van der Waals surface area contributed by atoms with E-state index >= 15 is 4.79 Å². The molecule has 64 heavy (non-hydrogen) atoms. The molecule has 1 atom stereocenters. The van der Waals surface area contributed by atoms with E-state index in [0.29, 0.717) is 40.6 Å². The number of nitrogens with zero attached hydrogens (tertiary/aromatic N) is 4. The Morgan fingerprint density at radius 2 is 1.34 bits per heavy atom. The third-order valence-electron chi connectivity index (χ3n) is 12.5. The summed E-state index contributed by atoms with van der Waals surface area (Å²) in [6.45, 7) is 10.4. The number of methoxy groups -OCH3 is 1. The molecule has 0 spiro atoms. The van der Waals surface area contributed by atoms with E-state index in [1.165, 1.54) is 25.7 Å². The molecule has 2 amide bonds. The highest BCUT2D eigenvalue weighted by Crippen LogP contribution is 2.45. The number of nitrogens with one attached hydrogen (secondary N) is 2. The standard InChI is InChI=1S/C53H60N6O5/c1-5-63-43-17-14-16-39(32-43)45-34-53(27-26-38(45)3,52(61)57-42-23-25-49(55-36-42)59-30-12-8-9-13-31-59)64-47-19-15-18-46(62-4)50(47)44-33-40(21-20-37(44)2)51(60)56-41-22-24-48(54-35-41)58-28-10-6-7-11-29-58/h14-26,32-36H,5-13,27-31H2,1-4H3,(H,56,60)(H,57,61). The van der Waals surface area contributed by atoms with Gasteiger partial charge in [-0.15, -0.1) is 0 Å². The van der Waals surface area contributed by atoms with E-state index in [9.17, 15) is 4.79 Å². The van der Waals surface area contributed by atoms with Crippen molar-refractivity contribution in [2.24, 2.45) is 0 Å². The van der Waals surface area contributed by atoms with Gasteiger partial charge in [-0.3, -0.25) is 9.59 Å². The van der Waals surface area contributed by atoms with Gasteiger partial charge in [-0.1, -0.05) is 56.0 Å². The Balaban J connectivity index is 1.13. The van der Waals surface area contributed by atoms with Crippen LogP contribution in [-0.2, 0) is 4.79 Å². The number of rotatable bonds is 13. The molecule has 3 aliphatic rings. The van der Waals surface area contributed by atoms with E-state index < -0.39 is 5.60 Å². The van der Waals surface area contributed by atoms with Crippen molar-refractivity contribution >= 4 is 40.4 Å². The Kier molecular flexibility index (Phi) is 13.9. The fourth-order valence-electron chi connectivity index (χ4n) is 8.92. The van der Waals surface area contributed by atoms with Gasteiger partial charge in [-0.05, 0) is 141 Å². The number of benzene rings is 3. The predicted molar refractivity (Wildman–Crippen MR) is 257 cm³/mol. The maximum Gasteiger partial charge on any atom is 0.273 e. The Hall–Kier alpha value is -6.62. The molecule has 11 nitrogen and oxygen atoms in total. The van der Waals surface area contributed by atoms with Gasteiger partial charge in [0.1, 0.15) is 28.9 Å². The monoisotopic (exact) mass is 860 g/mol. The van der Waals surface area contributed by atoms with Crippen LogP contribution >= 0.6 is 0 Å². The second-order valence-electron chi connectivity index (χ2n) is 17.0. The van der Waals surface area contributed by atoms with Gasteiger partial charge in [0.2, 0.25) is 5.60 Å². The lowest BCUT2D eigenvalue weighted by atomic mass is 9.83. The minimum Gasteiger partial charge on any atom is -0.496 e. The zero-order valence-corrected chi connectivity index (χ0v) is 37.6. The molecule has 2 aliphatic heterocycles. The van der Waals surface area contributed by atoms with Crippen molar-refractivity contribution in [1.29, 1.82) is 0 Å². The maximum absolute atomic E-state index is 15.0. The lowest BCUT2D eigenvalue weighted by molar-refractivity contribution is -0.127. The normalized spacial score (nSPS) is 17.9. The Morgan fingerprint density at radius 3 is 1.95 bits per heavy atom. The highest BCUT2D eigenvalue weighted by atomic mass is 16.5. The number of carbonyl (C=O) groups excluding carboxylic acids is 2. The highest BCUT2D eigenvalue weighted by molar-refractivity contribution is 6.05. The summed E-state index contributed by atoms with van der Waals surface area (Å²) in [6, 6.07) is 26.8. The van der Waals surface area contributed by atoms with E-state index in [2.05, 4.69) is 20.4 Å². The van der Waals surface area contributed by atoms with Crippen molar-refractivity contribution < 1.29 is 23.8 Å². The summed E-state index contributed by atoms with van der Waals surface area (Å²) in [5, 5.41) is 6.22. The van der Waals surface area contributed by atoms with Gasteiger partial charge in [0.25, 0.3) is 11.8 Å². The summed E-state index contributed by atoms with van der Waals surface area (Å²) in [5.74, 6) is 2.90. The summed E-state index contributed by atoms with van der Waals surface area (Å²) in [4.78, 5) is 43.1. The summed E-state index contributed by atoms with van der Waals surface area (Å²) in [5.41, 5.74) is 5.12. The van der Waals surface area contributed by atoms with Crippen molar-refractivity contribution in [2.45, 2.75) is 84.2 Å². The maximum atomic E-state index is 15.0. The first kappa shape index (κ1) is 44.0. The van der Waals surface area contributed by atoms with E-state index in [-0.39, 0.29) is 18.2 Å². The van der Waals surface area contributed by atoms with Crippen LogP contribution < -0.4 is 34.6 Å². The molecule has 0 radical (unpaired) electrons. The number of aromatic nitrogens is 2. The number of pyridine rings is 2. The molecule has 0 bridgehead atoms. The van der Waals surface area contributed by atoms with Crippen LogP contribution in [0.2, 0.25) is 0 Å². The van der Waals surface area contributed by atoms with Crippen LogP contribution in [-0.4, -0.2) is 67.3 Å². The molecular weight excluding hydrogens is 801 g/mol. The third-order valence-corrected chi connectivity index (χ3v) is 12.5. The number of amides is 2. The Morgan fingerprint density at radius 1 is 0.719 bits per heavy atom. The van der Waals surface area contributed by atoms with Crippen LogP contribution in [0, 0.1) is 6.92 Å². The predicted octanol–water partition coefficient (Wildman–Crippen LogP) is 11.1. The van der Waals surface area contributed by atoms with E-state index in [4.69, 9.17) is 24.2 Å². The quantitative estimate of drug-likeness (QED) is 0.119. The molecule has 4 heterocycles.